The highest BCUT2D eigenvalue weighted by molar-refractivity contribution is 4.97. The number of aliphatic hydroxyl groups is 1. The monoisotopic (exact) mass is 182 g/mol. The third-order valence-electron chi connectivity index (χ3n) is 2.26. The Labute approximate surface area is 76.5 Å². The maximum absolute atomic E-state index is 9.35. The van der Waals surface area contributed by atoms with E-state index in [1.807, 2.05) is 0 Å². The maximum Gasteiger partial charge on any atom is 0.112 e. The van der Waals surface area contributed by atoms with Crippen LogP contribution in [0.1, 0.15) is 24.6 Å². The van der Waals surface area contributed by atoms with Gasteiger partial charge in [-0.3, -0.25) is 4.68 Å². The van der Waals surface area contributed by atoms with E-state index in [1.54, 1.807) is 10.9 Å². The lowest BCUT2D eigenvalue weighted by atomic mass is 10.3. The van der Waals surface area contributed by atoms with Crippen LogP contribution in [0.2, 0.25) is 0 Å². The van der Waals surface area contributed by atoms with E-state index in [9.17, 15) is 5.11 Å². The number of hydrogen-bond acceptors (Lipinski definition) is 4. The molecule has 2 rings (SSSR count). The van der Waals surface area contributed by atoms with Gasteiger partial charge in [0.05, 0.1) is 6.20 Å². The summed E-state index contributed by atoms with van der Waals surface area (Å²) >= 11 is 0. The Bertz CT molecular complexity index is 281. The number of hydrogen-bond donors (Lipinski definition) is 2. The number of nitrogens with two attached hydrogens (primary N) is 1. The summed E-state index contributed by atoms with van der Waals surface area (Å²) in [5, 5.41) is 17.1. The highest BCUT2D eigenvalue weighted by atomic mass is 16.3. The average molecular weight is 182 g/mol. The fourth-order valence-corrected chi connectivity index (χ4v) is 1.24. The fraction of sp³-hybridized carbons (Fsp3) is 0.750. The molecule has 3 N–H and O–H groups in total. The van der Waals surface area contributed by atoms with Gasteiger partial charge in [-0.25, -0.2) is 0 Å². The lowest BCUT2D eigenvalue weighted by Gasteiger charge is -2.00. The highest BCUT2D eigenvalue weighted by Crippen LogP contribution is 2.30. The smallest absolute Gasteiger partial charge is 0.112 e. The SMILES string of the molecule is NCC(O)c1cn(CC2CC2)nn1. The fourth-order valence-electron chi connectivity index (χ4n) is 1.24. The average Bonchev–Trinajstić information content (AvgIpc) is 2.81. The minimum Gasteiger partial charge on any atom is -0.385 e. The molecule has 1 heterocycles. The molecular formula is C8H14N4O. The van der Waals surface area contributed by atoms with E-state index >= 15 is 0 Å². The molecule has 0 amide bonds. The topological polar surface area (TPSA) is 77.0 Å². The molecule has 0 spiro atoms. The van der Waals surface area contributed by atoms with Crippen molar-refractivity contribution in [2.45, 2.75) is 25.5 Å². The van der Waals surface area contributed by atoms with Crippen LogP contribution in [0.15, 0.2) is 6.20 Å². The Hall–Kier alpha value is -0.940. The third kappa shape index (κ3) is 2.05. The molecule has 72 valence electrons. The summed E-state index contributed by atoms with van der Waals surface area (Å²) < 4.78 is 1.78. The van der Waals surface area contributed by atoms with Gasteiger partial charge in [-0.05, 0) is 18.8 Å². The molecule has 5 nitrogen and oxygen atoms in total. The molecule has 1 atom stereocenters. The van der Waals surface area contributed by atoms with Crippen molar-refractivity contribution in [3.8, 4) is 0 Å². The van der Waals surface area contributed by atoms with Crippen molar-refractivity contribution in [2.24, 2.45) is 11.7 Å². The van der Waals surface area contributed by atoms with Gasteiger partial charge in [0, 0.05) is 13.1 Å². The van der Waals surface area contributed by atoms with E-state index in [0.29, 0.717) is 5.69 Å². The van der Waals surface area contributed by atoms with E-state index < -0.39 is 6.10 Å². The second-order valence-corrected chi connectivity index (χ2v) is 3.56. The van der Waals surface area contributed by atoms with Crippen molar-refractivity contribution in [3.63, 3.8) is 0 Å². The first-order valence-electron chi connectivity index (χ1n) is 4.57. The van der Waals surface area contributed by atoms with E-state index in [4.69, 9.17) is 5.73 Å². The van der Waals surface area contributed by atoms with Crippen LogP contribution in [0.4, 0.5) is 0 Å². The first kappa shape index (κ1) is 8.65. The lowest BCUT2D eigenvalue weighted by Crippen LogP contribution is -2.11. The molecule has 5 heteroatoms. The van der Waals surface area contributed by atoms with E-state index in [2.05, 4.69) is 10.3 Å². The molecule has 0 aliphatic heterocycles. The quantitative estimate of drug-likeness (QED) is 0.669. The molecular weight excluding hydrogens is 168 g/mol. The Balaban J connectivity index is 1.99. The van der Waals surface area contributed by atoms with Gasteiger partial charge in [-0.2, -0.15) is 0 Å². The van der Waals surface area contributed by atoms with Crippen LogP contribution in [0.3, 0.4) is 0 Å². The summed E-state index contributed by atoms with van der Waals surface area (Å²) in [6, 6.07) is 0. The summed E-state index contributed by atoms with van der Waals surface area (Å²) in [7, 11) is 0. The number of rotatable bonds is 4. The van der Waals surface area contributed by atoms with Crippen LogP contribution >= 0.6 is 0 Å². The third-order valence-corrected chi connectivity index (χ3v) is 2.26. The van der Waals surface area contributed by atoms with E-state index in [-0.39, 0.29) is 6.54 Å². The van der Waals surface area contributed by atoms with E-state index in [1.165, 1.54) is 12.8 Å². The van der Waals surface area contributed by atoms with Gasteiger partial charge in [-0.15, -0.1) is 5.10 Å². The molecule has 0 aromatic carbocycles. The minimum atomic E-state index is -0.673. The van der Waals surface area contributed by atoms with Crippen LogP contribution < -0.4 is 5.73 Å². The molecule has 1 aliphatic rings. The zero-order chi connectivity index (χ0) is 9.26. The molecule has 1 aromatic heterocycles. The Morgan fingerprint density at radius 2 is 2.46 bits per heavy atom. The molecule has 1 fully saturated rings. The summed E-state index contributed by atoms with van der Waals surface area (Å²) in [6.07, 6.45) is 3.67. The maximum atomic E-state index is 9.35. The number of aromatic nitrogens is 3. The van der Waals surface area contributed by atoms with Crippen molar-refractivity contribution in [3.05, 3.63) is 11.9 Å². The van der Waals surface area contributed by atoms with Crippen molar-refractivity contribution >= 4 is 0 Å². The van der Waals surface area contributed by atoms with Gasteiger partial charge in [0.25, 0.3) is 0 Å². The van der Waals surface area contributed by atoms with Crippen molar-refractivity contribution in [2.75, 3.05) is 6.54 Å². The van der Waals surface area contributed by atoms with Gasteiger partial charge < -0.3 is 10.8 Å². The molecule has 0 bridgehead atoms. The predicted molar refractivity (Wildman–Crippen MR) is 46.8 cm³/mol. The predicted octanol–water partition coefficient (Wildman–Crippen LogP) is -0.320. The van der Waals surface area contributed by atoms with Crippen molar-refractivity contribution < 1.29 is 5.11 Å². The van der Waals surface area contributed by atoms with Crippen molar-refractivity contribution in [1.82, 2.24) is 15.0 Å². The molecule has 1 unspecified atom stereocenters. The first-order valence-corrected chi connectivity index (χ1v) is 4.57. The summed E-state index contributed by atoms with van der Waals surface area (Å²) in [5.74, 6) is 0.768. The molecule has 13 heavy (non-hydrogen) atoms. The normalized spacial score (nSPS) is 18.9. The van der Waals surface area contributed by atoms with Gasteiger partial charge >= 0.3 is 0 Å². The van der Waals surface area contributed by atoms with Gasteiger partial charge in [0.2, 0.25) is 0 Å². The molecule has 1 saturated carbocycles. The molecule has 0 saturated heterocycles. The zero-order valence-electron chi connectivity index (χ0n) is 7.43. The van der Waals surface area contributed by atoms with Gasteiger partial charge in [0.15, 0.2) is 0 Å². The van der Waals surface area contributed by atoms with Crippen molar-refractivity contribution in [1.29, 1.82) is 0 Å². The molecule has 0 radical (unpaired) electrons. The molecule has 1 aromatic rings. The van der Waals surface area contributed by atoms with E-state index in [0.717, 1.165) is 12.5 Å². The number of nitrogens with zero attached hydrogens (tertiary/aromatic N) is 3. The lowest BCUT2D eigenvalue weighted by molar-refractivity contribution is 0.181. The van der Waals surface area contributed by atoms with Gasteiger partial charge in [0.1, 0.15) is 11.8 Å². The second kappa shape index (κ2) is 3.43. The minimum absolute atomic E-state index is 0.197. The Morgan fingerprint density at radius 3 is 3.08 bits per heavy atom. The van der Waals surface area contributed by atoms with Crippen LogP contribution in [-0.4, -0.2) is 26.6 Å². The highest BCUT2D eigenvalue weighted by Gasteiger charge is 2.22. The Kier molecular flexibility index (Phi) is 2.28. The molecule has 1 aliphatic carbocycles. The van der Waals surface area contributed by atoms with Crippen LogP contribution in [-0.2, 0) is 6.54 Å². The number of aliphatic hydroxyl groups excluding tert-OH is 1. The standard InChI is InChI=1S/C8H14N4O/c9-3-8(13)7-5-12(11-10-7)4-6-1-2-6/h5-6,8,13H,1-4,9H2. The Morgan fingerprint density at radius 1 is 1.69 bits per heavy atom. The second-order valence-electron chi connectivity index (χ2n) is 3.56. The summed E-state index contributed by atoms with van der Waals surface area (Å²) in [4.78, 5) is 0. The van der Waals surface area contributed by atoms with Crippen LogP contribution in [0.25, 0.3) is 0 Å². The van der Waals surface area contributed by atoms with Gasteiger partial charge in [-0.1, -0.05) is 5.21 Å². The summed E-state index contributed by atoms with van der Waals surface area (Å²) in [6.45, 7) is 1.12. The largest absolute Gasteiger partial charge is 0.385 e. The van der Waals surface area contributed by atoms with Crippen LogP contribution in [0.5, 0.6) is 0 Å². The van der Waals surface area contributed by atoms with Crippen LogP contribution in [0, 0.1) is 5.92 Å². The zero-order valence-corrected chi connectivity index (χ0v) is 7.43. The first-order chi connectivity index (χ1) is 6.29. The summed E-state index contributed by atoms with van der Waals surface area (Å²) in [5.41, 5.74) is 5.87.